The molecule has 6 heteroatoms. The maximum absolute atomic E-state index is 12.0. The van der Waals surface area contributed by atoms with Gasteiger partial charge in [-0.05, 0) is 78.1 Å². The molecule has 0 spiro atoms. The number of carbonyl (C=O) groups excluding carboxylic acids is 1. The maximum atomic E-state index is 12.0. The number of esters is 1. The third-order valence-corrected chi connectivity index (χ3v) is 5.81. The van der Waals surface area contributed by atoms with Gasteiger partial charge in [-0.2, -0.15) is 0 Å². The van der Waals surface area contributed by atoms with Crippen molar-refractivity contribution in [2.45, 2.75) is 83.1 Å². The lowest BCUT2D eigenvalue weighted by Crippen LogP contribution is -2.45. The van der Waals surface area contributed by atoms with Gasteiger partial charge in [0.15, 0.2) is 0 Å². The molecule has 0 fully saturated rings. The summed E-state index contributed by atoms with van der Waals surface area (Å²) in [6.07, 6.45) is 0.890. The fourth-order valence-corrected chi connectivity index (χ4v) is 3.41. The first-order valence-electron chi connectivity index (χ1n) is 9.41. The molecule has 1 aliphatic heterocycles. The summed E-state index contributed by atoms with van der Waals surface area (Å²) >= 11 is 1.30. The Bertz CT molecular complexity index is 674. The van der Waals surface area contributed by atoms with Crippen LogP contribution in [0.4, 0.5) is 0 Å². The first kappa shape index (κ1) is 22.2. The normalized spacial score (nSPS) is 16.1. The van der Waals surface area contributed by atoms with Gasteiger partial charge in [0.25, 0.3) is 0 Å². The average molecular weight is 396 g/mol. The van der Waals surface area contributed by atoms with Crippen molar-refractivity contribution in [3.8, 4) is 0 Å². The molecule has 0 aromatic heterocycles. The Balaban J connectivity index is 1.95. The van der Waals surface area contributed by atoms with Crippen LogP contribution in [0.15, 0.2) is 23.1 Å². The van der Waals surface area contributed by atoms with Gasteiger partial charge in [0.05, 0.1) is 12.1 Å². The predicted molar refractivity (Wildman–Crippen MR) is 109 cm³/mol. The number of benzene rings is 1. The number of carbonyl (C=O) groups is 1. The van der Waals surface area contributed by atoms with Crippen LogP contribution in [0.5, 0.6) is 0 Å². The van der Waals surface area contributed by atoms with Crippen LogP contribution in [0.2, 0.25) is 0 Å². The molecule has 0 unspecified atom stereocenters. The first-order valence-corrected chi connectivity index (χ1v) is 10.1. The highest BCUT2D eigenvalue weighted by atomic mass is 32.2. The fraction of sp³-hybridized carbons (Fsp3) is 0.667. The number of hydrogen-bond donors (Lipinski definition) is 1. The Kier molecular flexibility index (Phi) is 6.67. The molecule has 0 amide bonds. The summed E-state index contributed by atoms with van der Waals surface area (Å²) in [5, 5.41) is 10.2. The van der Waals surface area contributed by atoms with Crippen LogP contribution in [-0.4, -0.2) is 45.9 Å². The van der Waals surface area contributed by atoms with E-state index >= 15 is 0 Å². The Labute approximate surface area is 167 Å². The molecule has 2 rings (SSSR count). The molecule has 1 N–H and O–H groups in total. The van der Waals surface area contributed by atoms with Crippen LogP contribution >= 0.6 is 12.0 Å². The lowest BCUT2D eigenvalue weighted by Gasteiger charge is -2.36. The second-order valence-electron chi connectivity index (χ2n) is 9.21. The third kappa shape index (κ3) is 6.49. The lowest BCUT2D eigenvalue weighted by atomic mass is 9.90. The zero-order valence-corrected chi connectivity index (χ0v) is 18.4. The molecule has 1 aromatic carbocycles. The predicted octanol–water partition coefficient (Wildman–Crippen LogP) is 3.96. The van der Waals surface area contributed by atoms with Crippen molar-refractivity contribution in [3.05, 3.63) is 29.3 Å². The summed E-state index contributed by atoms with van der Waals surface area (Å²) in [5.41, 5.74) is 0.461. The van der Waals surface area contributed by atoms with Crippen molar-refractivity contribution < 1.29 is 18.8 Å². The number of rotatable bonds is 6. The molecule has 0 atom stereocenters. The number of aliphatic hydroxyl groups is 1. The van der Waals surface area contributed by atoms with Crippen molar-refractivity contribution in [3.63, 3.8) is 0 Å². The SMILES string of the molecule is CC(C)(C)OC(=O)CN1CCc2cc(SOC(C)(C)C(C)(C)O)ccc2C1. The van der Waals surface area contributed by atoms with E-state index in [2.05, 4.69) is 17.0 Å². The standard InChI is InChI=1S/C21H33NO4S/c1-19(2,3)25-18(23)14-22-11-10-15-12-17(9-8-16(15)13-22)27-26-21(6,7)20(4,5)24/h8-9,12,24H,10-11,13-14H2,1-7H3. The molecule has 1 aliphatic rings. The highest BCUT2D eigenvalue weighted by molar-refractivity contribution is 7.94. The summed E-state index contributed by atoms with van der Waals surface area (Å²) in [4.78, 5) is 15.2. The second-order valence-corrected chi connectivity index (χ2v) is 10.0. The fourth-order valence-electron chi connectivity index (χ4n) is 2.59. The molecule has 27 heavy (non-hydrogen) atoms. The van der Waals surface area contributed by atoms with Crippen LogP contribution < -0.4 is 0 Å². The summed E-state index contributed by atoms with van der Waals surface area (Å²) < 4.78 is 11.3. The van der Waals surface area contributed by atoms with E-state index in [0.717, 1.165) is 24.4 Å². The number of hydrogen-bond acceptors (Lipinski definition) is 6. The van der Waals surface area contributed by atoms with Gasteiger partial charge in [-0.25, -0.2) is 0 Å². The number of fused-ring (bicyclic) bond motifs is 1. The molecule has 0 saturated heterocycles. The van der Waals surface area contributed by atoms with Crippen LogP contribution in [0.25, 0.3) is 0 Å². The summed E-state index contributed by atoms with van der Waals surface area (Å²) in [5.74, 6) is -0.180. The van der Waals surface area contributed by atoms with Gasteiger partial charge in [-0.3, -0.25) is 9.69 Å². The van der Waals surface area contributed by atoms with Gasteiger partial charge in [-0.1, -0.05) is 6.07 Å². The van der Waals surface area contributed by atoms with Gasteiger partial charge in [-0.15, -0.1) is 0 Å². The summed E-state index contributed by atoms with van der Waals surface area (Å²) in [6.45, 7) is 14.8. The van der Waals surface area contributed by atoms with Crippen molar-refractivity contribution in [2.75, 3.05) is 13.1 Å². The smallest absolute Gasteiger partial charge is 0.320 e. The van der Waals surface area contributed by atoms with E-state index in [1.165, 1.54) is 23.2 Å². The van der Waals surface area contributed by atoms with Crippen molar-refractivity contribution in [1.82, 2.24) is 4.90 Å². The van der Waals surface area contributed by atoms with Crippen LogP contribution in [0, 0.1) is 0 Å². The summed E-state index contributed by atoms with van der Waals surface area (Å²) in [7, 11) is 0. The molecule has 0 radical (unpaired) electrons. The van der Waals surface area contributed by atoms with Gasteiger partial charge >= 0.3 is 5.97 Å². The van der Waals surface area contributed by atoms with E-state index in [9.17, 15) is 9.90 Å². The minimum atomic E-state index is -0.934. The largest absolute Gasteiger partial charge is 0.459 e. The second kappa shape index (κ2) is 8.11. The van der Waals surface area contributed by atoms with E-state index in [1.54, 1.807) is 13.8 Å². The number of nitrogens with zero attached hydrogens (tertiary/aromatic N) is 1. The Morgan fingerprint density at radius 3 is 2.41 bits per heavy atom. The third-order valence-electron chi connectivity index (χ3n) is 4.86. The van der Waals surface area contributed by atoms with Gasteiger partial charge in [0.1, 0.15) is 11.2 Å². The molecule has 0 saturated carbocycles. The van der Waals surface area contributed by atoms with E-state index < -0.39 is 16.8 Å². The average Bonchev–Trinajstić information content (AvgIpc) is 2.50. The molecule has 0 bridgehead atoms. The molecule has 152 valence electrons. The van der Waals surface area contributed by atoms with Crippen molar-refractivity contribution in [2.24, 2.45) is 0 Å². The minimum Gasteiger partial charge on any atom is -0.459 e. The van der Waals surface area contributed by atoms with Gasteiger partial charge < -0.3 is 14.0 Å². The molecule has 1 aromatic rings. The van der Waals surface area contributed by atoms with E-state index in [4.69, 9.17) is 8.92 Å². The van der Waals surface area contributed by atoms with Crippen molar-refractivity contribution in [1.29, 1.82) is 0 Å². The van der Waals surface area contributed by atoms with Crippen LogP contribution in [0.3, 0.4) is 0 Å². The highest BCUT2D eigenvalue weighted by Crippen LogP contribution is 2.34. The Hall–Kier alpha value is -1.08. The molecular weight excluding hydrogens is 362 g/mol. The van der Waals surface area contributed by atoms with Gasteiger partial charge in [0.2, 0.25) is 0 Å². The summed E-state index contributed by atoms with van der Waals surface area (Å²) in [6, 6.07) is 6.27. The highest BCUT2D eigenvalue weighted by Gasteiger charge is 2.37. The Morgan fingerprint density at radius 2 is 1.81 bits per heavy atom. The quantitative estimate of drug-likeness (QED) is 0.581. The van der Waals surface area contributed by atoms with E-state index in [0.29, 0.717) is 6.54 Å². The lowest BCUT2D eigenvalue weighted by molar-refractivity contribution is -0.156. The minimum absolute atomic E-state index is 0.180. The molecule has 0 aliphatic carbocycles. The van der Waals surface area contributed by atoms with Crippen molar-refractivity contribution >= 4 is 18.0 Å². The van der Waals surface area contributed by atoms with E-state index in [1.807, 2.05) is 40.7 Å². The Morgan fingerprint density at radius 1 is 1.15 bits per heavy atom. The zero-order valence-electron chi connectivity index (χ0n) is 17.6. The molecule has 1 heterocycles. The van der Waals surface area contributed by atoms with E-state index in [-0.39, 0.29) is 5.97 Å². The van der Waals surface area contributed by atoms with Crippen LogP contribution in [-0.2, 0) is 26.7 Å². The monoisotopic (exact) mass is 395 g/mol. The zero-order chi connectivity index (χ0) is 20.5. The molecular formula is C21H33NO4S. The first-order chi connectivity index (χ1) is 12.3. The maximum Gasteiger partial charge on any atom is 0.320 e. The number of ether oxygens (including phenoxy) is 1. The van der Waals surface area contributed by atoms with Crippen LogP contribution in [0.1, 0.15) is 59.6 Å². The topological polar surface area (TPSA) is 59.0 Å². The van der Waals surface area contributed by atoms with Gasteiger partial charge in [0, 0.05) is 30.0 Å². The molecule has 5 nitrogen and oxygen atoms in total.